The molecule has 0 saturated heterocycles. The predicted octanol–water partition coefficient (Wildman–Crippen LogP) is 4.35. The third-order valence-electron chi connectivity index (χ3n) is 2.59. The summed E-state index contributed by atoms with van der Waals surface area (Å²) in [6, 6.07) is 6.68. The molecule has 102 valence electrons. The molecule has 1 N–H and O–H groups in total. The Balaban J connectivity index is 2.07. The van der Waals surface area contributed by atoms with E-state index in [1.54, 1.807) is 23.1 Å². The molecular formula is C13H16FN3S2. The van der Waals surface area contributed by atoms with E-state index in [1.807, 2.05) is 19.1 Å². The van der Waals surface area contributed by atoms with Gasteiger partial charge in [0.25, 0.3) is 0 Å². The molecule has 19 heavy (non-hydrogen) atoms. The second-order valence-corrected chi connectivity index (χ2v) is 6.40. The first kappa shape index (κ1) is 14.3. The topological polar surface area (TPSA) is 37.8 Å². The number of nitrogens with zero attached hydrogens (tertiary/aromatic N) is 2. The zero-order valence-corrected chi connectivity index (χ0v) is 12.5. The zero-order valence-electron chi connectivity index (χ0n) is 10.9. The first-order valence-electron chi connectivity index (χ1n) is 6.22. The molecule has 1 aromatic heterocycles. The van der Waals surface area contributed by atoms with Gasteiger partial charge in [0.1, 0.15) is 5.82 Å². The first-order chi connectivity index (χ1) is 9.22. The summed E-state index contributed by atoms with van der Waals surface area (Å²) < 4.78 is 13.9. The number of hydrogen-bond donors (Lipinski definition) is 1. The predicted molar refractivity (Wildman–Crippen MR) is 79.4 cm³/mol. The molecular weight excluding hydrogens is 281 g/mol. The van der Waals surface area contributed by atoms with Crippen molar-refractivity contribution in [3.63, 3.8) is 0 Å². The van der Waals surface area contributed by atoms with Crippen molar-refractivity contribution in [2.24, 2.45) is 0 Å². The minimum atomic E-state index is -0.200. The molecule has 2 rings (SSSR count). The lowest BCUT2D eigenvalue weighted by Crippen LogP contribution is -1.94. The maximum absolute atomic E-state index is 12.9. The van der Waals surface area contributed by atoms with Crippen LogP contribution in [0.15, 0.2) is 28.6 Å². The van der Waals surface area contributed by atoms with Gasteiger partial charge in [-0.15, -0.1) is 10.2 Å². The van der Waals surface area contributed by atoms with Crippen LogP contribution in [0.1, 0.15) is 31.1 Å². The van der Waals surface area contributed by atoms with Crippen LogP contribution in [-0.4, -0.2) is 16.7 Å². The van der Waals surface area contributed by atoms with Gasteiger partial charge < -0.3 is 5.32 Å². The van der Waals surface area contributed by atoms with Gasteiger partial charge in [-0.25, -0.2) is 4.39 Å². The minimum absolute atomic E-state index is 0.200. The fraction of sp³-hybridized carbons (Fsp3) is 0.385. The molecule has 6 heteroatoms. The van der Waals surface area contributed by atoms with Crippen LogP contribution in [0.4, 0.5) is 9.52 Å². The van der Waals surface area contributed by atoms with E-state index in [2.05, 4.69) is 22.4 Å². The standard InChI is InChI=1S/C13H16FN3S2/c1-3-11(9-5-7-10(14)8-6-9)18-13-17-16-12(19-13)15-4-2/h5-8,11H,3-4H2,1-2H3,(H,15,16)/t11-/m1/s1. The number of aromatic nitrogens is 2. The van der Waals surface area contributed by atoms with E-state index >= 15 is 0 Å². The summed E-state index contributed by atoms with van der Waals surface area (Å²) in [5, 5.41) is 12.5. The highest BCUT2D eigenvalue weighted by Crippen LogP contribution is 2.39. The number of rotatable bonds is 6. The highest BCUT2D eigenvalue weighted by molar-refractivity contribution is 8.01. The number of halogens is 1. The second-order valence-electron chi connectivity index (χ2n) is 3.97. The summed E-state index contributed by atoms with van der Waals surface area (Å²) in [7, 11) is 0. The van der Waals surface area contributed by atoms with E-state index in [0.29, 0.717) is 0 Å². The van der Waals surface area contributed by atoms with E-state index in [4.69, 9.17) is 0 Å². The average Bonchev–Trinajstić information content (AvgIpc) is 2.85. The van der Waals surface area contributed by atoms with Crippen molar-refractivity contribution < 1.29 is 4.39 Å². The summed E-state index contributed by atoms with van der Waals surface area (Å²) in [6.45, 7) is 4.99. The SMILES string of the molecule is CCNc1nnc(S[C@H](CC)c2ccc(F)cc2)s1. The van der Waals surface area contributed by atoms with Crippen molar-refractivity contribution in [3.05, 3.63) is 35.6 Å². The fourth-order valence-electron chi connectivity index (χ4n) is 1.67. The normalized spacial score (nSPS) is 12.4. The van der Waals surface area contributed by atoms with Gasteiger partial charge in [-0.2, -0.15) is 0 Å². The third-order valence-corrected chi connectivity index (χ3v) is 4.98. The maximum atomic E-state index is 12.9. The van der Waals surface area contributed by atoms with Crippen LogP contribution in [0.25, 0.3) is 0 Å². The Morgan fingerprint density at radius 3 is 2.63 bits per heavy atom. The molecule has 1 atom stereocenters. The van der Waals surface area contributed by atoms with Crippen molar-refractivity contribution >= 4 is 28.2 Å². The monoisotopic (exact) mass is 297 g/mol. The maximum Gasteiger partial charge on any atom is 0.206 e. The van der Waals surface area contributed by atoms with Gasteiger partial charge in [0.05, 0.1) is 0 Å². The number of thioether (sulfide) groups is 1. The summed E-state index contributed by atoms with van der Waals surface area (Å²) in [6.07, 6.45) is 0.965. The van der Waals surface area contributed by atoms with Crippen molar-refractivity contribution in [3.8, 4) is 0 Å². The Bertz CT molecular complexity index is 513. The molecule has 0 amide bonds. The van der Waals surface area contributed by atoms with Crippen LogP contribution >= 0.6 is 23.1 Å². The lowest BCUT2D eigenvalue weighted by molar-refractivity contribution is 0.626. The van der Waals surface area contributed by atoms with Crippen LogP contribution in [-0.2, 0) is 0 Å². The summed E-state index contributed by atoms with van der Waals surface area (Å²) in [4.78, 5) is 0. The fourth-order valence-corrected chi connectivity index (χ4v) is 3.78. The highest BCUT2D eigenvalue weighted by atomic mass is 32.2. The molecule has 0 saturated carbocycles. The zero-order chi connectivity index (χ0) is 13.7. The molecule has 0 aliphatic heterocycles. The van der Waals surface area contributed by atoms with Gasteiger partial charge in [0.15, 0.2) is 4.34 Å². The molecule has 2 aromatic rings. The second kappa shape index (κ2) is 6.86. The molecule has 0 spiro atoms. The molecule has 0 aliphatic rings. The van der Waals surface area contributed by atoms with E-state index in [-0.39, 0.29) is 11.1 Å². The Morgan fingerprint density at radius 2 is 2.00 bits per heavy atom. The molecule has 1 heterocycles. The van der Waals surface area contributed by atoms with Gasteiger partial charge in [-0.3, -0.25) is 0 Å². The van der Waals surface area contributed by atoms with Crippen molar-refractivity contribution in [2.45, 2.75) is 29.9 Å². The van der Waals surface area contributed by atoms with Crippen LogP contribution in [0.5, 0.6) is 0 Å². The Morgan fingerprint density at radius 1 is 1.26 bits per heavy atom. The molecule has 0 fully saturated rings. The van der Waals surface area contributed by atoms with Crippen molar-refractivity contribution in [1.82, 2.24) is 10.2 Å². The molecule has 1 aromatic carbocycles. The van der Waals surface area contributed by atoms with Crippen LogP contribution in [0.3, 0.4) is 0 Å². The highest BCUT2D eigenvalue weighted by Gasteiger charge is 2.14. The van der Waals surface area contributed by atoms with Crippen molar-refractivity contribution in [1.29, 1.82) is 0 Å². The van der Waals surface area contributed by atoms with E-state index in [9.17, 15) is 4.39 Å². The average molecular weight is 297 g/mol. The lowest BCUT2D eigenvalue weighted by atomic mass is 10.1. The quantitative estimate of drug-likeness (QED) is 0.804. The van der Waals surface area contributed by atoms with Gasteiger partial charge >= 0.3 is 0 Å². The summed E-state index contributed by atoms with van der Waals surface area (Å²) >= 11 is 3.23. The number of hydrogen-bond acceptors (Lipinski definition) is 5. The van der Waals surface area contributed by atoms with Crippen LogP contribution in [0, 0.1) is 5.82 Å². The Labute approximate surface area is 120 Å². The summed E-state index contributed by atoms with van der Waals surface area (Å²) in [5.74, 6) is -0.200. The van der Waals surface area contributed by atoms with Crippen LogP contribution < -0.4 is 5.32 Å². The largest absolute Gasteiger partial charge is 0.360 e. The lowest BCUT2D eigenvalue weighted by Gasteiger charge is -2.12. The molecule has 0 radical (unpaired) electrons. The Kier molecular flexibility index (Phi) is 5.15. The minimum Gasteiger partial charge on any atom is -0.360 e. The molecule has 0 aliphatic carbocycles. The smallest absolute Gasteiger partial charge is 0.206 e. The molecule has 3 nitrogen and oxygen atoms in total. The summed E-state index contributed by atoms with van der Waals surface area (Å²) in [5.41, 5.74) is 1.12. The van der Waals surface area contributed by atoms with Crippen LogP contribution in [0.2, 0.25) is 0 Å². The van der Waals surface area contributed by atoms with E-state index in [0.717, 1.165) is 28.0 Å². The molecule has 0 unspecified atom stereocenters. The van der Waals surface area contributed by atoms with Gasteiger partial charge in [0.2, 0.25) is 5.13 Å². The van der Waals surface area contributed by atoms with Crippen molar-refractivity contribution in [2.75, 3.05) is 11.9 Å². The van der Waals surface area contributed by atoms with Gasteiger partial charge in [-0.1, -0.05) is 42.2 Å². The number of benzene rings is 1. The third kappa shape index (κ3) is 3.91. The van der Waals surface area contributed by atoms with Gasteiger partial charge in [0, 0.05) is 11.8 Å². The number of nitrogens with one attached hydrogen (secondary N) is 1. The number of anilines is 1. The Hall–Kier alpha value is -1.14. The molecule has 0 bridgehead atoms. The van der Waals surface area contributed by atoms with E-state index in [1.165, 1.54) is 12.1 Å². The van der Waals surface area contributed by atoms with E-state index < -0.39 is 0 Å². The first-order valence-corrected chi connectivity index (χ1v) is 7.92. The van der Waals surface area contributed by atoms with Gasteiger partial charge in [-0.05, 0) is 31.0 Å².